The minimum absolute atomic E-state index is 1.19. The maximum absolute atomic E-state index is 3.05. The van der Waals surface area contributed by atoms with Crippen molar-refractivity contribution in [3.8, 4) is 0 Å². The molecule has 0 aliphatic carbocycles. The van der Waals surface area contributed by atoms with Crippen molar-refractivity contribution in [3.63, 3.8) is 0 Å². The van der Waals surface area contributed by atoms with Crippen molar-refractivity contribution in [1.82, 2.24) is 4.83 Å². The summed E-state index contributed by atoms with van der Waals surface area (Å²) in [5.41, 5.74) is 5.56. The number of hydrogen-bond acceptors (Lipinski definition) is 3. The highest BCUT2D eigenvalue weighted by molar-refractivity contribution is 7.98. The Balaban J connectivity index is 2.59. The standard InChI is InChI=1S/C7H8N2S/c1-5-3-2-4-6-7(5)10-9-8-6/h2-4,8-9H,1H3. The van der Waals surface area contributed by atoms with Crippen molar-refractivity contribution < 1.29 is 0 Å². The van der Waals surface area contributed by atoms with E-state index in [0.717, 1.165) is 0 Å². The molecule has 2 N–H and O–H groups in total. The molecule has 52 valence electrons. The lowest BCUT2D eigenvalue weighted by molar-refractivity contribution is 1.24. The van der Waals surface area contributed by atoms with Gasteiger partial charge in [-0.15, -0.1) is 0 Å². The van der Waals surface area contributed by atoms with Crippen LogP contribution >= 0.6 is 11.9 Å². The topological polar surface area (TPSA) is 24.1 Å². The lowest BCUT2D eigenvalue weighted by Gasteiger charge is -1.97. The van der Waals surface area contributed by atoms with Crippen LogP contribution < -0.4 is 10.3 Å². The normalized spacial score (nSPS) is 14.5. The Kier molecular flexibility index (Phi) is 1.32. The number of fused-ring (bicyclic) bond motifs is 1. The molecule has 1 heterocycles. The van der Waals surface area contributed by atoms with Gasteiger partial charge in [-0.05, 0) is 30.5 Å². The van der Waals surface area contributed by atoms with E-state index < -0.39 is 0 Å². The average Bonchev–Trinajstić information content (AvgIpc) is 2.36. The minimum atomic E-state index is 1.19. The summed E-state index contributed by atoms with van der Waals surface area (Å²) in [6.07, 6.45) is 0. The van der Waals surface area contributed by atoms with E-state index in [4.69, 9.17) is 0 Å². The molecular formula is C7H8N2S. The largest absolute Gasteiger partial charge is 0.310 e. The second-order valence-electron chi connectivity index (χ2n) is 2.28. The fourth-order valence-corrected chi connectivity index (χ4v) is 1.74. The van der Waals surface area contributed by atoms with Crippen molar-refractivity contribution >= 4 is 17.6 Å². The van der Waals surface area contributed by atoms with E-state index in [1.165, 1.54) is 16.1 Å². The van der Waals surface area contributed by atoms with Gasteiger partial charge in [-0.1, -0.05) is 12.1 Å². The van der Waals surface area contributed by atoms with E-state index in [-0.39, 0.29) is 0 Å². The summed E-state index contributed by atoms with van der Waals surface area (Å²) in [7, 11) is 0. The zero-order valence-corrected chi connectivity index (χ0v) is 6.46. The van der Waals surface area contributed by atoms with Gasteiger partial charge in [-0.3, -0.25) is 0 Å². The van der Waals surface area contributed by atoms with Crippen molar-refractivity contribution in [1.29, 1.82) is 0 Å². The van der Waals surface area contributed by atoms with E-state index in [9.17, 15) is 0 Å². The molecule has 0 unspecified atom stereocenters. The van der Waals surface area contributed by atoms with Gasteiger partial charge in [0.25, 0.3) is 0 Å². The maximum Gasteiger partial charge on any atom is 0.0649 e. The number of aryl methyl sites for hydroxylation is 1. The summed E-state index contributed by atoms with van der Waals surface area (Å²) in [5.74, 6) is 0. The second kappa shape index (κ2) is 2.18. The van der Waals surface area contributed by atoms with Crippen LogP contribution in [0.4, 0.5) is 5.69 Å². The van der Waals surface area contributed by atoms with Crippen LogP contribution in [0.1, 0.15) is 5.56 Å². The Labute approximate surface area is 64.1 Å². The van der Waals surface area contributed by atoms with Crippen molar-refractivity contribution in [2.45, 2.75) is 11.8 Å². The smallest absolute Gasteiger partial charge is 0.0649 e. The number of hydrazine groups is 1. The second-order valence-corrected chi connectivity index (χ2v) is 3.10. The van der Waals surface area contributed by atoms with Crippen LogP contribution in [0, 0.1) is 6.92 Å². The van der Waals surface area contributed by atoms with E-state index >= 15 is 0 Å². The number of nitrogens with one attached hydrogen (secondary N) is 2. The van der Waals surface area contributed by atoms with Gasteiger partial charge < -0.3 is 5.43 Å². The van der Waals surface area contributed by atoms with Gasteiger partial charge in [-0.25, -0.2) is 0 Å². The first kappa shape index (κ1) is 6.07. The fourth-order valence-electron chi connectivity index (χ4n) is 1.02. The molecule has 2 nitrogen and oxygen atoms in total. The molecule has 0 saturated carbocycles. The number of rotatable bonds is 0. The third kappa shape index (κ3) is 0.786. The van der Waals surface area contributed by atoms with Gasteiger partial charge in [0.1, 0.15) is 0 Å². The van der Waals surface area contributed by atoms with Gasteiger partial charge in [0.15, 0.2) is 0 Å². The molecule has 3 heteroatoms. The molecule has 0 amide bonds. The molecule has 2 rings (SSSR count). The molecular weight excluding hydrogens is 144 g/mol. The van der Waals surface area contributed by atoms with Crippen LogP contribution in [0.2, 0.25) is 0 Å². The Morgan fingerprint density at radius 1 is 1.40 bits per heavy atom. The van der Waals surface area contributed by atoms with Gasteiger partial charge in [0.2, 0.25) is 0 Å². The molecule has 0 bridgehead atoms. The first-order chi connectivity index (χ1) is 4.88. The molecule has 0 atom stereocenters. The van der Waals surface area contributed by atoms with E-state index in [0.29, 0.717) is 0 Å². The number of hydrogen-bond donors (Lipinski definition) is 2. The van der Waals surface area contributed by atoms with Gasteiger partial charge in [-0.2, -0.15) is 4.83 Å². The molecule has 10 heavy (non-hydrogen) atoms. The SMILES string of the molecule is Cc1cccc2c1SNN2. The van der Waals surface area contributed by atoms with Crippen molar-refractivity contribution in [2.75, 3.05) is 5.43 Å². The summed E-state index contributed by atoms with van der Waals surface area (Å²) in [4.78, 5) is 4.30. The van der Waals surface area contributed by atoms with Crippen molar-refractivity contribution in [3.05, 3.63) is 23.8 Å². The summed E-state index contributed by atoms with van der Waals surface area (Å²) < 4.78 is 0. The molecule has 0 radical (unpaired) electrons. The molecule has 1 aromatic carbocycles. The van der Waals surface area contributed by atoms with Crippen LogP contribution in [-0.4, -0.2) is 0 Å². The Morgan fingerprint density at radius 2 is 2.30 bits per heavy atom. The molecule has 0 spiro atoms. The third-order valence-corrected chi connectivity index (χ3v) is 2.50. The Morgan fingerprint density at radius 3 is 3.10 bits per heavy atom. The molecule has 0 saturated heterocycles. The molecule has 1 aliphatic rings. The minimum Gasteiger partial charge on any atom is -0.310 e. The van der Waals surface area contributed by atoms with E-state index in [1.807, 2.05) is 0 Å². The monoisotopic (exact) mass is 152 g/mol. The van der Waals surface area contributed by atoms with E-state index in [2.05, 4.69) is 35.4 Å². The quantitative estimate of drug-likeness (QED) is 0.555. The molecule has 1 aliphatic heterocycles. The number of benzene rings is 1. The zero-order valence-electron chi connectivity index (χ0n) is 5.64. The molecule has 0 aromatic heterocycles. The van der Waals surface area contributed by atoms with Crippen LogP contribution in [-0.2, 0) is 0 Å². The lowest BCUT2D eigenvalue weighted by Crippen LogP contribution is -2.04. The predicted molar refractivity (Wildman–Crippen MR) is 43.8 cm³/mol. The van der Waals surface area contributed by atoms with Crippen LogP contribution in [0.15, 0.2) is 23.1 Å². The van der Waals surface area contributed by atoms with Crippen molar-refractivity contribution in [2.24, 2.45) is 0 Å². The van der Waals surface area contributed by atoms with Gasteiger partial charge >= 0.3 is 0 Å². The first-order valence-corrected chi connectivity index (χ1v) is 3.97. The zero-order chi connectivity index (χ0) is 6.97. The van der Waals surface area contributed by atoms with Gasteiger partial charge in [0, 0.05) is 0 Å². The van der Waals surface area contributed by atoms with Crippen LogP contribution in [0.3, 0.4) is 0 Å². The maximum atomic E-state index is 3.05. The Hall–Kier alpha value is -0.670. The van der Waals surface area contributed by atoms with Gasteiger partial charge in [0.05, 0.1) is 10.6 Å². The first-order valence-electron chi connectivity index (χ1n) is 3.15. The summed E-state index contributed by atoms with van der Waals surface area (Å²) in [6.45, 7) is 2.11. The van der Waals surface area contributed by atoms with E-state index in [1.54, 1.807) is 11.9 Å². The average molecular weight is 152 g/mol. The number of anilines is 1. The summed E-state index contributed by atoms with van der Waals surface area (Å²) >= 11 is 1.63. The molecule has 1 aromatic rings. The lowest BCUT2D eigenvalue weighted by atomic mass is 10.2. The predicted octanol–water partition coefficient (Wildman–Crippen LogP) is 1.93. The highest BCUT2D eigenvalue weighted by Crippen LogP contribution is 2.32. The Bertz CT molecular complexity index is 260. The fraction of sp³-hybridized carbons (Fsp3) is 0.143. The van der Waals surface area contributed by atoms with Crippen LogP contribution in [0.5, 0.6) is 0 Å². The summed E-state index contributed by atoms with van der Waals surface area (Å²) in [6, 6.07) is 6.23. The van der Waals surface area contributed by atoms with Crippen LogP contribution in [0.25, 0.3) is 0 Å². The third-order valence-electron chi connectivity index (χ3n) is 1.55. The highest BCUT2D eigenvalue weighted by Gasteiger charge is 2.10. The highest BCUT2D eigenvalue weighted by atomic mass is 32.2. The summed E-state index contributed by atoms with van der Waals surface area (Å²) in [5, 5.41) is 0. The molecule has 0 fully saturated rings.